The van der Waals surface area contributed by atoms with Crippen molar-refractivity contribution in [1.82, 2.24) is 4.90 Å². The number of likely N-dealkylation sites (tertiary alicyclic amines) is 1. The van der Waals surface area contributed by atoms with Crippen molar-refractivity contribution < 1.29 is 0 Å². The number of rotatable bonds is 4. The van der Waals surface area contributed by atoms with Crippen LogP contribution in [0.5, 0.6) is 0 Å². The minimum Gasteiger partial charge on any atom is -0.393 e. The number of hydrogen-bond acceptors (Lipinski definition) is 2. The summed E-state index contributed by atoms with van der Waals surface area (Å²) in [7, 11) is 0. The molecule has 0 spiro atoms. The molecule has 1 fully saturated rings. The normalized spacial score (nSPS) is 19.7. The zero-order valence-electron chi connectivity index (χ0n) is 8.30. The van der Waals surface area contributed by atoms with E-state index in [0.717, 1.165) is 12.8 Å². The predicted octanol–water partition coefficient (Wildman–Crippen LogP) is 1.93. The van der Waals surface area contributed by atoms with Crippen LogP contribution in [0.2, 0.25) is 0 Å². The fourth-order valence-electron chi connectivity index (χ4n) is 1.84. The standard InChI is InChI=1S/C10H20N2S/c11-10(13)6-5-9-12-7-3-1-2-4-8-12/h1-9H2,(H2,11,13). The van der Waals surface area contributed by atoms with E-state index in [2.05, 4.69) is 4.90 Å². The van der Waals surface area contributed by atoms with E-state index in [0.29, 0.717) is 4.99 Å². The first-order valence-electron chi connectivity index (χ1n) is 5.30. The molecule has 0 atom stereocenters. The van der Waals surface area contributed by atoms with Crippen LogP contribution < -0.4 is 5.73 Å². The fraction of sp³-hybridized carbons (Fsp3) is 0.900. The van der Waals surface area contributed by atoms with Gasteiger partial charge in [-0.2, -0.15) is 0 Å². The molecule has 1 heterocycles. The molecule has 0 saturated carbocycles. The number of nitrogens with zero attached hydrogens (tertiary/aromatic N) is 1. The fourth-order valence-corrected chi connectivity index (χ4v) is 1.98. The third kappa shape index (κ3) is 5.21. The Morgan fingerprint density at radius 1 is 1.15 bits per heavy atom. The molecule has 3 heteroatoms. The summed E-state index contributed by atoms with van der Waals surface area (Å²) < 4.78 is 0. The van der Waals surface area contributed by atoms with Gasteiger partial charge in [-0.3, -0.25) is 0 Å². The van der Waals surface area contributed by atoms with Gasteiger partial charge in [-0.15, -0.1) is 0 Å². The zero-order chi connectivity index (χ0) is 9.52. The highest BCUT2D eigenvalue weighted by Crippen LogP contribution is 2.10. The Morgan fingerprint density at radius 3 is 2.31 bits per heavy atom. The summed E-state index contributed by atoms with van der Waals surface area (Å²) >= 11 is 4.85. The van der Waals surface area contributed by atoms with Crippen LogP contribution in [0.4, 0.5) is 0 Å². The van der Waals surface area contributed by atoms with Gasteiger partial charge in [0.2, 0.25) is 0 Å². The summed E-state index contributed by atoms with van der Waals surface area (Å²) in [5, 5.41) is 0. The molecule has 0 aliphatic carbocycles. The third-order valence-corrected chi connectivity index (χ3v) is 2.80. The van der Waals surface area contributed by atoms with Gasteiger partial charge in [-0.05, 0) is 45.3 Å². The highest BCUT2D eigenvalue weighted by molar-refractivity contribution is 7.80. The lowest BCUT2D eigenvalue weighted by atomic mass is 10.2. The quantitative estimate of drug-likeness (QED) is 0.703. The van der Waals surface area contributed by atoms with Crippen molar-refractivity contribution in [3.05, 3.63) is 0 Å². The summed E-state index contributed by atoms with van der Waals surface area (Å²) in [6.45, 7) is 3.73. The molecule has 0 aromatic rings. The van der Waals surface area contributed by atoms with Crippen molar-refractivity contribution in [2.75, 3.05) is 19.6 Å². The molecule has 1 rings (SSSR count). The zero-order valence-corrected chi connectivity index (χ0v) is 9.11. The maximum atomic E-state index is 5.45. The van der Waals surface area contributed by atoms with E-state index in [1.54, 1.807) is 0 Å². The van der Waals surface area contributed by atoms with Crippen LogP contribution in [-0.2, 0) is 0 Å². The Kier molecular flexibility index (Phi) is 5.32. The molecule has 1 saturated heterocycles. The van der Waals surface area contributed by atoms with Crippen molar-refractivity contribution >= 4 is 17.2 Å². The molecular formula is C10H20N2S. The van der Waals surface area contributed by atoms with Crippen LogP contribution in [0, 0.1) is 0 Å². The van der Waals surface area contributed by atoms with Gasteiger partial charge in [0.15, 0.2) is 0 Å². The van der Waals surface area contributed by atoms with E-state index in [1.165, 1.54) is 45.3 Å². The van der Waals surface area contributed by atoms with E-state index in [4.69, 9.17) is 18.0 Å². The predicted molar refractivity (Wildman–Crippen MR) is 60.9 cm³/mol. The highest BCUT2D eigenvalue weighted by atomic mass is 32.1. The second-order valence-corrected chi connectivity index (χ2v) is 4.35. The topological polar surface area (TPSA) is 29.3 Å². The average Bonchev–Trinajstić information content (AvgIpc) is 2.32. The monoisotopic (exact) mass is 200 g/mol. The third-order valence-electron chi connectivity index (χ3n) is 2.60. The summed E-state index contributed by atoms with van der Waals surface area (Å²) in [6, 6.07) is 0. The van der Waals surface area contributed by atoms with Gasteiger partial charge in [-0.25, -0.2) is 0 Å². The lowest BCUT2D eigenvalue weighted by Crippen LogP contribution is -2.26. The summed E-state index contributed by atoms with van der Waals surface area (Å²) in [5.74, 6) is 0. The van der Waals surface area contributed by atoms with Crippen LogP contribution >= 0.6 is 12.2 Å². The Hall–Kier alpha value is -0.150. The molecule has 0 bridgehead atoms. The van der Waals surface area contributed by atoms with Gasteiger partial charge >= 0.3 is 0 Å². The molecule has 0 aromatic heterocycles. The van der Waals surface area contributed by atoms with Crippen LogP contribution in [0.25, 0.3) is 0 Å². The van der Waals surface area contributed by atoms with Gasteiger partial charge in [0.25, 0.3) is 0 Å². The molecule has 13 heavy (non-hydrogen) atoms. The van der Waals surface area contributed by atoms with Crippen molar-refractivity contribution in [2.24, 2.45) is 5.73 Å². The molecule has 0 amide bonds. The largest absolute Gasteiger partial charge is 0.393 e. The SMILES string of the molecule is NC(=S)CCCN1CCCCCC1. The van der Waals surface area contributed by atoms with Gasteiger partial charge in [0.1, 0.15) is 0 Å². The lowest BCUT2D eigenvalue weighted by Gasteiger charge is -2.19. The first kappa shape index (κ1) is 10.9. The molecule has 1 aliphatic rings. The van der Waals surface area contributed by atoms with Crippen molar-refractivity contribution in [3.63, 3.8) is 0 Å². The Bertz CT molecular complexity index is 151. The second-order valence-electron chi connectivity index (χ2n) is 3.83. The van der Waals surface area contributed by atoms with Crippen LogP contribution in [0.3, 0.4) is 0 Å². The van der Waals surface area contributed by atoms with E-state index in [9.17, 15) is 0 Å². The molecule has 1 aliphatic heterocycles. The first-order valence-corrected chi connectivity index (χ1v) is 5.70. The Balaban J connectivity index is 2.08. The summed E-state index contributed by atoms with van der Waals surface area (Å²) in [5.41, 5.74) is 5.45. The van der Waals surface area contributed by atoms with Crippen molar-refractivity contribution in [3.8, 4) is 0 Å². The van der Waals surface area contributed by atoms with E-state index < -0.39 is 0 Å². The van der Waals surface area contributed by atoms with E-state index in [1.807, 2.05) is 0 Å². The number of nitrogens with two attached hydrogens (primary N) is 1. The molecule has 76 valence electrons. The second kappa shape index (κ2) is 6.33. The maximum absolute atomic E-state index is 5.45. The Labute approximate surface area is 86.5 Å². The van der Waals surface area contributed by atoms with E-state index in [-0.39, 0.29) is 0 Å². The van der Waals surface area contributed by atoms with Gasteiger partial charge in [0, 0.05) is 0 Å². The highest BCUT2D eigenvalue weighted by Gasteiger charge is 2.07. The van der Waals surface area contributed by atoms with Crippen molar-refractivity contribution in [1.29, 1.82) is 0 Å². The average molecular weight is 200 g/mol. The van der Waals surface area contributed by atoms with E-state index >= 15 is 0 Å². The molecule has 2 nitrogen and oxygen atoms in total. The Morgan fingerprint density at radius 2 is 1.77 bits per heavy atom. The lowest BCUT2D eigenvalue weighted by molar-refractivity contribution is 0.283. The molecule has 2 N–H and O–H groups in total. The molecule has 0 aromatic carbocycles. The van der Waals surface area contributed by atoms with Gasteiger partial charge < -0.3 is 10.6 Å². The molecular weight excluding hydrogens is 180 g/mol. The van der Waals surface area contributed by atoms with Crippen molar-refractivity contribution in [2.45, 2.75) is 38.5 Å². The summed E-state index contributed by atoms with van der Waals surface area (Å²) in [4.78, 5) is 3.21. The maximum Gasteiger partial charge on any atom is 0.0727 e. The van der Waals surface area contributed by atoms with Crippen LogP contribution in [0.15, 0.2) is 0 Å². The minimum atomic E-state index is 0.662. The first-order chi connectivity index (χ1) is 6.29. The van der Waals surface area contributed by atoms with Gasteiger partial charge in [0.05, 0.1) is 4.99 Å². The minimum absolute atomic E-state index is 0.662. The van der Waals surface area contributed by atoms with Crippen LogP contribution in [0.1, 0.15) is 38.5 Å². The molecule has 0 unspecified atom stereocenters. The molecule has 0 radical (unpaired) electrons. The number of hydrogen-bond donors (Lipinski definition) is 1. The van der Waals surface area contributed by atoms with Crippen LogP contribution in [-0.4, -0.2) is 29.5 Å². The smallest absolute Gasteiger partial charge is 0.0727 e. The van der Waals surface area contributed by atoms with Gasteiger partial charge in [-0.1, -0.05) is 25.1 Å². The summed E-state index contributed by atoms with van der Waals surface area (Å²) in [6.07, 6.45) is 7.60. The number of thiocarbonyl (C=S) groups is 1.